The minimum Gasteiger partial charge on any atom is -0.351 e. The lowest BCUT2D eigenvalue weighted by Gasteiger charge is -2.16. The quantitative estimate of drug-likeness (QED) is 0.880. The van der Waals surface area contributed by atoms with Gasteiger partial charge >= 0.3 is 0 Å². The normalized spacial score (nSPS) is 24.4. The summed E-state index contributed by atoms with van der Waals surface area (Å²) in [6, 6.07) is 7.57. The van der Waals surface area contributed by atoms with Crippen molar-refractivity contribution in [3.05, 3.63) is 34.9 Å². The van der Waals surface area contributed by atoms with Crippen LogP contribution in [0.4, 0.5) is 0 Å². The summed E-state index contributed by atoms with van der Waals surface area (Å²) in [6.45, 7) is 5.39. The molecule has 2 heterocycles. The molecule has 21 heavy (non-hydrogen) atoms. The molecule has 2 aliphatic rings. The molecule has 0 aliphatic carbocycles. The third kappa shape index (κ3) is 4.33. The molecular formula is C15H21Cl2N3O. The molecule has 2 aliphatic heterocycles. The van der Waals surface area contributed by atoms with Gasteiger partial charge < -0.3 is 10.6 Å². The number of fused-ring (bicyclic) bond motifs is 1. The first-order chi connectivity index (χ1) is 9.70. The topological polar surface area (TPSA) is 44.4 Å². The zero-order valence-electron chi connectivity index (χ0n) is 11.8. The lowest BCUT2D eigenvalue weighted by Crippen LogP contribution is -2.37. The zero-order valence-corrected chi connectivity index (χ0v) is 13.4. The summed E-state index contributed by atoms with van der Waals surface area (Å²) in [5.74, 6) is 1.58. The average Bonchev–Trinajstić information content (AvgIpc) is 2.99. The molecule has 1 amide bonds. The second kappa shape index (κ2) is 7.45. The molecule has 3 rings (SSSR count). The molecule has 0 radical (unpaired) electrons. The molecule has 0 spiro atoms. The number of carbonyl (C=O) groups is 1. The highest BCUT2D eigenvalue weighted by molar-refractivity contribution is 6.30. The van der Waals surface area contributed by atoms with Crippen LogP contribution in [-0.4, -0.2) is 43.5 Å². The van der Waals surface area contributed by atoms with Crippen LogP contribution in [0.15, 0.2) is 24.3 Å². The predicted molar refractivity (Wildman–Crippen MR) is 86.8 cm³/mol. The number of carbonyl (C=O) groups excluding carboxylic acids is 1. The molecule has 1 aromatic rings. The molecular weight excluding hydrogens is 309 g/mol. The van der Waals surface area contributed by atoms with Crippen molar-refractivity contribution >= 4 is 29.9 Å². The maximum Gasteiger partial charge on any atom is 0.234 e. The second-order valence-electron chi connectivity index (χ2n) is 5.78. The summed E-state index contributed by atoms with van der Waals surface area (Å²) >= 11 is 5.84. The van der Waals surface area contributed by atoms with E-state index in [9.17, 15) is 4.79 Å². The van der Waals surface area contributed by atoms with E-state index in [0.717, 1.165) is 48.6 Å². The fourth-order valence-corrected chi connectivity index (χ4v) is 3.27. The van der Waals surface area contributed by atoms with Gasteiger partial charge in [-0.2, -0.15) is 0 Å². The highest BCUT2D eigenvalue weighted by Crippen LogP contribution is 2.25. The fraction of sp³-hybridized carbons (Fsp3) is 0.533. The van der Waals surface area contributed by atoms with Crippen molar-refractivity contribution in [2.75, 3.05) is 32.7 Å². The standard InChI is InChI=1S/C15H20ClN3O.ClH/c16-14-3-1-11(2-4-14)5-18-15(20)10-19-8-12-6-17-7-13(12)9-19;/h1-4,12-13,17H,5-10H2,(H,18,20);1H/t12-,13+;. The van der Waals surface area contributed by atoms with Gasteiger partial charge in [-0.25, -0.2) is 0 Å². The third-order valence-electron chi connectivity index (χ3n) is 4.24. The number of likely N-dealkylation sites (tertiary alicyclic amines) is 1. The second-order valence-corrected chi connectivity index (χ2v) is 6.21. The van der Waals surface area contributed by atoms with Crippen molar-refractivity contribution in [3.63, 3.8) is 0 Å². The van der Waals surface area contributed by atoms with Gasteiger partial charge in [-0.15, -0.1) is 12.4 Å². The first-order valence-corrected chi connectivity index (χ1v) is 7.53. The Balaban J connectivity index is 0.00000161. The molecule has 0 bridgehead atoms. The summed E-state index contributed by atoms with van der Waals surface area (Å²) in [6.07, 6.45) is 0. The van der Waals surface area contributed by atoms with Crippen LogP contribution < -0.4 is 10.6 Å². The van der Waals surface area contributed by atoms with Crippen LogP contribution in [0.3, 0.4) is 0 Å². The van der Waals surface area contributed by atoms with Crippen molar-refractivity contribution in [2.45, 2.75) is 6.54 Å². The Hall–Kier alpha value is -0.810. The fourth-order valence-electron chi connectivity index (χ4n) is 3.14. The van der Waals surface area contributed by atoms with Crippen LogP contribution in [0.1, 0.15) is 5.56 Å². The van der Waals surface area contributed by atoms with Crippen molar-refractivity contribution in [3.8, 4) is 0 Å². The number of nitrogens with zero attached hydrogens (tertiary/aromatic N) is 1. The third-order valence-corrected chi connectivity index (χ3v) is 4.49. The zero-order chi connectivity index (χ0) is 13.9. The van der Waals surface area contributed by atoms with Gasteiger partial charge in [0.05, 0.1) is 6.54 Å². The van der Waals surface area contributed by atoms with E-state index in [0.29, 0.717) is 13.1 Å². The van der Waals surface area contributed by atoms with Crippen LogP contribution in [0.2, 0.25) is 5.02 Å². The molecule has 0 aromatic heterocycles. The Labute approximate surface area is 136 Å². The van der Waals surface area contributed by atoms with Gasteiger partial charge in [-0.05, 0) is 42.6 Å². The smallest absolute Gasteiger partial charge is 0.234 e. The molecule has 2 fully saturated rings. The number of nitrogens with one attached hydrogen (secondary N) is 2. The maximum absolute atomic E-state index is 12.0. The van der Waals surface area contributed by atoms with Gasteiger partial charge in [-0.1, -0.05) is 23.7 Å². The number of hydrogen-bond donors (Lipinski definition) is 2. The van der Waals surface area contributed by atoms with Gasteiger partial charge in [0.2, 0.25) is 5.91 Å². The van der Waals surface area contributed by atoms with Gasteiger partial charge in [0, 0.05) is 24.7 Å². The summed E-state index contributed by atoms with van der Waals surface area (Å²) in [5.41, 5.74) is 1.07. The SMILES string of the molecule is Cl.O=C(CN1C[C@H]2CNC[C@H]2C1)NCc1ccc(Cl)cc1. The number of halogens is 2. The Morgan fingerprint density at radius 1 is 1.24 bits per heavy atom. The molecule has 6 heteroatoms. The van der Waals surface area contributed by atoms with Gasteiger partial charge in [0.25, 0.3) is 0 Å². The van der Waals surface area contributed by atoms with Gasteiger partial charge in [-0.3, -0.25) is 9.69 Å². The highest BCUT2D eigenvalue weighted by Gasteiger charge is 2.36. The van der Waals surface area contributed by atoms with E-state index < -0.39 is 0 Å². The van der Waals surface area contributed by atoms with E-state index in [1.165, 1.54) is 0 Å². The van der Waals surface area contributed by atoms with E-state index in [4.69, 9.17) is 11.6 Å². The van der Waals surface area contributed by atoms with Crippen molar-refractivity contribution in [2.24, 2.45) is 11.8 Å². The van der Waals surface area contributed by atoms with E-state index in [1.807, 2.05) is 24.3 Å². The van der Waals surface area contributed by atoms with Crippen LogP contribution in [-0.2, 0) is 11.3 Å². The lowest BCUT2D eigenvalue weighted by atomic mass is 10.0. The largest absolute Gasteiger partial charge is 0.351 e. The monoisotopic (exact) mass is 329 g/mol. The first-order valence-electron chi connectivity index (χ1n) is 7.15. The first kappa shape index (κ1) is 16.6. The lowest BCUT2D eigenvalue weighted by molar-refractivity contribution is -0.122. The van der Waals surface area contributed by atoms with Crippen molar-refractivity contribution in [1.29, 1.82) is 0 Å². The molecule has 2 N–H and O–H groups in total. The number of hydrogen-bond acceptors (Lipinski definition) is 3. The predicted octanol–water partition coefficient (Wildman–Crippen LogP) is 1.53. The summed E-state index contributed by atoms with van der Waals surface area (Å²) in [5, 5.41) is 7.10. The van der Waals surface area contributed by atoms with Crippen LogP contribution in [0.25, 0.3) is 0 Å². The summed E-state index contributed by atoms with van der Waals surface area (Å²) < 4.78 is 0. The molecule has 4 nitrogen and oxygen atoms in total. The molecule has 0 saturated carbocycles. The van der Waals surface area contributed by atoms with Crippen LogP contribution in [0.5, 0.6) is 0 Å². The van der Waals surface area contributed by atoms with Gasteiger partial charge in [0.1, 0.15) is 0 Å². The molecule has 116 valence electrons. The number of benzene rings is 1. The molecule has 0 unspecified atom stereocenters. The molecule has 2 atom stereocenters. The summed E-state index contributed by atoms with van der Waals surface area (Å²) in [4.78, 5) is 14.2. The van der Waals surface area contributed by atoms with E-state index >= 15 is 0 Å². The number of rotatable bonds is 4. The molecule has 1 aromatic carbocycles. The summed E-state index contributed by atoms with van der Waals surface area (Å²) in [7, 11) is 0. The Kier molecular flexibility index (Phi) is 5.88. The highest BCUT2D eigenvalue weighted by atomic mass is 35.5. The van der Waals surface area contributed by atoms with Crippen molar-refractivity contribution < 1.29 is 4.79 Å². The van der Waals surface area contributed by atoms with Crippen LogP contribution >= 0.6 is 24.0 Å². The minimum atomic E-state index is 0. The average molecular weight is 330 g/mol. The molecule has 2 saturated heterocycles. The van der Waals surface area contributed by atoms with E-state index in [-0.39, 0.29) is 18.3 Å². The maximum atomic E-state index is 12.0. The van der Waals surface area contributed by atoms with E-state index in [1.54, 1.807) is 0 Å². The van der Waals surface area contributed by atoms with Gasteiger partial charge in [0.15, 0.2) is 0 Å². The number of amides is 1. The minimum absolute atomic E-state index is 0. The Bertz CT molecular complexity index is 468. The van der Waals surface area contributed by atoms with Crippen molar-refractivity contribution in [1.82, 2.24) is 15.5 Å². The Morgan fingerprint density at radius 2 is 1.86 bits per heavy atom. The van der Waals surface area contributed by atoms with Crippen LogP contribution in [0, 0.1) is 11.8 Å². The Morgan fingerprint density at radius 3 is 2.48 bits per heavy atom. The van der Waals surface area contributed by atoms with E-state index in [2.05, 4.69) is 15.5 Å².